The van der Waals surface area contributed by atoms with Crippen molar-refractivity contribution >= 4 is 34.2 Å². The Labute approximate surface area is 186 Å². The molecule has 4 aromatic rings. The largest absolute Gasteiger partial charge is 0.322 e. The van der Waals surface area contributed by atoms with Gasteiger partial charge in [0.15, 0.2) is 0 Å². The van der Waals surface area contributed by atoms with Gasteiger partial charge in [0, 0.05) is 35.6 Å². The van der Waals surface area contributed by atoms with E-state index in [0.29, 0.717) is 18.2 Å². The SMILES string of the molecule is Cc1cccc(NC(=O)N(Cc2cccnc2)Cc2cc3cccc(C)c3nc2Cl)c1. The van der Waals surface area contributed by atoms with E-state index >= 15 is 0 Å². The molecule has 0 fully saturated rings. The van der Waals surface area contributed by atoms with Crippen molar-refractivity contribution in [3.8, 4) is 0 Å². The number of anilines is 1. The van der Waals surface area contributed by atoms with Crippen LogP contribution in [0.25, 0.3) is 10.9 Å². The number of pyridine rings is 2. The number of carbonyl (C=O) groups excluding carboxylic acids is 1. The maximum atomic E-state index is 13.2. The minimum atomic E-state index is -0.213. The molecule has 156 valence electrons. The van der Waals surface area contributed by atoms with Crippen molar-refractivity contribution in [2.24, 2.45) is 0 Å². The first-order chi connectivity index (χ1) is 15.0. The minimum Gasteiger partial charge on any atom is -0.316 e. The average Bonchev–Trinajstić information content (AvgIpc) is 2.75. The summed E-state index contributed by atoms with van der Waals surface area (Å²) < 4.78 is 0. The third-order valence-corrected chi connectivity index (χ3v) is 5.41. The van der Waals surface area contributed by atoms with Gasteiger partial charge in [-0.2, -0.15) is 0 Å². The summed E-state index contributed by atoms with van der Waals surface area (Å²) in [5, 5.41) is 4.40. The Morgan fingerprint density at radius 3 is 2.65 bits per heavy atom. The smallest absolute Gasteiger partial charge is 0.316 e. The number of halogens is 1. The molecule has 4 rings (SSSR count). The van der Waals surface area contributed by atoms with E-state index in [1.807, 2.05) is 74.5 Å². The molecular weight excluding hydrogens is 408 g/mol. The number of amides is 2. The lowest BCUT2D eigenvalue weighted by atomic mass is 10.1. The maximum absolute atomic E-state index is 13.2. The van der Waals surface area contributed by atoms with Crippen molar-refractivity contribution in [3.05, 3.63) is 100 Å². The van der Waals surface area contributed by atoms with E-state index in [2.05, 4.69) is 15.3 Å². The van der Waals surface area contributed by atoms with Gasteiger partial charge >= 0.3 is 6.03 Å². The third-order valence-electron chi connectivity index (χ3n) is 5.09. The van der Waals surface area contributed by atoms with Gasteiger partial charge in [0.05, 0.1) is 12.1 Å². The van der Waals surface area contributed by atoms with E-state index in [1.165, 1.54) is 0 Å². The zero-order valence-electron chi connectivity index (χ0n) is 17.5. The lowest BCUT2D eigenvalue weighted by Crippen LogP contribution is -2.34. The van der Waals surface area contributed by atoms with Gasteiger partial charge in [0.25, 0.3) is 0 Å². The average molecular weight is 431 g/mol. The van der Waals surface area contributed by atoms with Crippen molar-refractivity contribution in [2.75, 3.05) is 5.32 Å². The number of hydrogen-bond acceptors (Lipinski definition) is 3. The van der Waals surface area contributed by atoms with Gasteiger partial charge in [-0.15, -0.1) is 0 Å². The molecule has 0 unspecified atom stereocenters. The molecule has 0 aliphatic carbocycles. The summed E-state index contributed by atoms with van der Waals surface area (Å²) in [7, 11) is 0. The normalized spacial score (nSPS) is 10.8. The molecule has 2 aromatic heterocycles. The summed E-state index contributed by atoms with van der Waals surface area (Å²) >= 11 is 6.53. The molecule has 31 heavy (non-hydrogen) atoms. The van der Waals surface area contributed by atoms with Crippen molar-refractivity contribution in [1.82, 2.24) is 14.9 Å². The van der Waals surface area contributed by atoms with E-state index in [1.54, 1.807) is 17.3 Å². The van der Waals surface area contributed by atoms with Crippen LogP contribution in [0.15, 0.2) is 73.1 Å². The molecule has 0 saturated heterocycles. The molecule has 0 atom stereocenters. The molecule has 2 heterocycles. The van der Waals surface area contributed by atoms with Crippen molar-refractivity contribution in [2.45, 2.75) is 26.9 Å². The van der Waals surface area contributed by atoms with Crippen LogP contribution < -0.4 is 5.32 Å². The van der Waals surface area contributed by atoms with Crippen molar-refractivity contribution in [1.29, 1.82) is 0 Å². The van der Waals surface area contributed by atoms with Crippen LogP contribution in [0, 0.1) is 13.8 Å². The molecule has 5 nitrogen and oxygen atoms in total. The number of fused-ring (bicyclic) bond motifs is 1. The Kier molecular flexibility index (Phi) is 6.14. The van der Waals surface area contributed by atoms with Crippen LogP contribution in [0.2, 0.25) is 5.15 Å². The number of aryl methyl sites for hydroxylation is 2. The number of aromatic nitrogens is 2. The number of urea groups is 1. The Morgan fingerprint density at radius 2 is 1.87 bits per heavy atom. The zero-order chi connectivity index (χ0) is 21.8. The van der Waals surface area contributed by atoms with E-state index in [9.17, 15) is 4.79 Å². The molecule has 0 aliphatic heterocycles. The Bertz CT molecular complexity index is 1230. The first kappa shape index (κ1) is 20.8. The second-order valence-corrected chi connectivity index (χ2v) is 7.96. The Morgan fingerprint density at radius 1 is 1.03 bits per heavy atom. The topological polar surface area (TPSA) is 58.1 Å². The highest BCUT2D eigenvalue weighted by Gasteiger charge is 2.18. The molecule has 0 saturated carbocycles. The fraction of sp³-hybridized carbons (Fsp3) is 0.160. The van der Waals surface area contributed by atoms with E-state index in [4.69, 9.17) is 11.6 Å². The molecule has 1 N–H and O–H groups in total. The summed E-state index contributed by atoms with van der Waals surface area (Å²) in [5.74, 6) is 0. The number of hydrogen-bond donors (Lipinski definition) is 1. The van der Waals surface area contributed by atoms with Crippen LogP contribution in [-0.4, -0.2) is 20.9 Å². The fourth-order valence-corrected chi connectivity index (χ4v) is 3.72. The van der Waals surface area contributed by atoms with Crippen LogP contribution in [0.5, 0.6) is 0 Å². The maximum Gasteiger partial charge on any atom is 0.322 e. The predicted molar refractivity (Wildman–Crippen MR) is 125 cm³/mol. The molecule has 2 aromatic carbocycles. The third kappa shape index (κ3) is 5.01. The van der Waals surface area contributed by atoms with E-state index in [-0.39, 0.29) is 6.03 Å². The molecule has 2 amide bonds. The van der Waals surface area contributed by atoms with Crippen LogP contribution in [0.3, 0.4) is 0 Å². The van der Waals surface area contributed by atoms with Crippen LogP contribution >= 0.6 is 11.6 Å². The Balaban J connectivity index is 1.64. The van der Waals surface area contributed by atoms with Crippen molar-refractivity contribution < 1.29 is 4.79 Å². The van der Waals surface area contributed by atoms with Crippen LogP contribution in [-0.2, 0) is 13.1 Å². The van der Waals surface area contributed by atoms with E-state index < -0.39 is 0 Å². The minimum absolute atomic E-state index is 0.213. The summed E-state index contributed by atoms with van der Waals surface area (Å²) in [4.78, 5) is 23.7. The van der Waals surface area contributed by atoms with Gasteiger partial charge in [0.1, 0.15) is 5.15 Å². The number of para-hydroxylation sites is 1. The highest BCUT2D eigenvalue weighted by atomic mass is 35.5. The summed E-state index contributed by atoms with van der Waals surface area (Å²) in [6, 6.07) is 19.3. The number of nitrogens with zero attached hydrogens (tertiary/aromatic N) is 3. The van der Waals surface area contributed by atoms with Crippen LogP contribution in [0.4, 0.5) is 10.5 Å². The van der Waals surface area contributed by atoms with Gasteiger partial charge in [-0.1, -0.05) is 48.0 Å². The lowest BCUT2D eigenvalue weighted by molar-refractivity contribution is 0.206. The molecule has 0 spiro atoms. The van der Waals surface area contributed by atoms with Crippen molar-refractivity contribution in [3.63, 3.8) is 0 Å². The summed E-state index contributed by atoms with van der Waals surface area (Å²) in [6.07, 6.45) is 3.48. The summed E-state index contributed by atoms with van der Waals surface area (Å²) in [6.45, 7) is 4.72. The summed E-state index contributed by atoms with van der Waals surface area (Å²) in [5.41, 5.74) is 5.49. The number of carbonyl (C=O) groups is 1. The van der Waals surface area contributed by atoms with Gasteiger partial charge in [-0.05, 0) is 54.8 Å². The highest BCUT2D eigenvalue weighted by Crippen LogP contribution is 2.25. The standard InChI is InChI=1S/C25H23ClN4O/c1-17-6-3-10-22(12-17)28-25(31)30(15-19-8-5-11-27-14-19)16-21-13-20-9-4-7-18(2)23(20)29-24(21)26/h3-14H,15-16H2,1-2H3,(H,28,31). The quantitative estimate of drug-likeness (QED) is 0.387. The fourth-order valence-electron chi connectivity index (χ4n) is 3.52. The first-order valence-corrected chi connectivity index (χ1v) is 10.4. The number of rotatable bonds is 5. The van der Waals surface area contributed by atoms with Gasteiger partial charge in [-0.3, -0.25) is 4.98 Å². The zero-order valence-corrected chi connectivity index (χ0v) is 18.2. The van der Waals surface area contributed by atoms with Gasteiger partial charge in [0.2, 0.25) is 0 Å². The molecule has 0 bridgehead atoms. The monoisotopic (exact) mass is 430 g/mol. The highest BCUT2D eigenvalue weighted by molar-refractivity contribution is 6.30. The molecule has 0 radical (unpaired) electrons. The van der Waals surface area contributed by atoms with Gasteiger partial charge < -0.3 is 10.2 Å². The number of benzene rings is 2. The molecule has 0 aliphatic rings. The lowest BCUT2D eigenvalue weighted by Gasteiger charge is -2.24. The molecule has 6 heteroatoms. The second-order valence-electron chi connectivity index (χ2n) is 7.60. The van der Waals surface area contributed by atoms with E-state index in [0.717, 1.165) is 38.8 Å². The van der Waals surface area contributed by atoms with Crippen LogP contribution in [0.1, 0.15) is 22.3 Å². The first-order valence-electron chi connectivity index (χ1n) is 10.1. The second kappa shape index (κ2) is 9.14. The Hall–Kier alpha value is -3.44. The number of nitrogens with one attached hydrogen (secondary N) is 1. The molecular formula is C25H23ClN4O. The van der Waals surface area contributed by atoms with Gasteiger partial charge in [-0.25, -0.2) is 9.78 Å². The predicted octanol–water partition coefficient (Wildman–Crippen LogP) is 6.13.